The van der Waals surface area contributed by atoms with Crippen LogP contribution < -0.4 is 10.6 Å². The van der Waals surface area contributed by atoms with Gasteiger partial charge in [0.1, 0.15) is 0 Å². The molecule has 1 amide bonds. The van der Waals surface area contributed by atoms with Crippen molar-refractivity contribution in [2.75, 3.05) is 39.2 Å². The largest absolute Gasteiger partial charge is 0.481 e. The SMILES string of the molecule is COCC(C)C(C(=O)NCCCCCCNc1ccnc(-c2ccccn2)c1)C(CC(OC)C(C(=O)O)C(C)C(=O)O)C(=O)O.Cn1ccnc1-c1nccn1C.Cn1ccnc1-c1nccn1C.[Os]. The molecule has 0 saturated heterocycles. The van der Waals surface area contributed by atoms with E-state index in [1.165, 1.54) is 21.1 Å². The molecule has 0 aliphatic heterocycles. The zero-order chi connectivity index (χ0) is 50.5. The summed E-state index contributed by atoms with van der Waals surface area (Å²) in [7, 11) is 10.5. The van der Waals surface area contributed by atoms with Gasteiger partial charge in [0, 0.05) is 150 Å². The number of unbranched alkanes of at least 4 members (excludes halogenated alkanes) is 3. The van der Waals surface area contributed by atoms with Crippen LogP contribution in [-0.4, -0.2) is 127 Å². The Hall–Kier alpha value is -6.62. The van der Waals surface area contributed by atoms with Gasteiger partial charge in [-0.15, -0.1) is 0 Å². The first-order valence-corrected chi connectivity index (χ1v) is 22.6. The fourth-order valence-corrected chi connectivity index (χ4v) is 7.78. The number of aryl methyl sites for hydroxylation is 4. The number of aliphatic carboxylic acids is 3. The molecule has 22 heteroatoms. The summed E-state index contributed by atoms with van der Waals surface area (Å²) in [5.41, 5.74) is 2.53. The van der Waals surface area contributed by atoms with Gasteiger partial charge in [0.2, 0.25) is 5.91 Å². The normalized spacial score (nSPS) is 13.4. The molecule has 6 heterocycles. The molecule has 380 valence electrons. The number of nitrogens with zero attached hydrogens (tertiary/aromatic N) is 10. The first-order chi connectivity index (χ1) is 33.1. The number of rotatable bonds is 24. The summed E-state index contributed by atoms with van der Waals surface area (Å²) in [6.45, 7) is 4.12. The maximum atomic E-state index is 13.3. The van der Waals surface area contributed by atoms with E-state index in [9.17, 15) is 34.5 Å². The second kappa shape index (κ2) is 29.4. The van der Waals surface area contributed by atoms with Crippen LogP contribution in [0.15, 0.2) is 92.3 Å². The molecule has 6 aromatic heterocycles. The number of carboxylic acid groups (broad SMARTS) is 3. The van der Waals surface area contributed by atoms with Gasteiger partial charge < -0.3 is 53.7 Å². The first-order valence-electron chi connectivity index (χ1n) is 22.6. The van der Waals surface area contributed by atoms with Crippen molar-refractivity contribution in [3.8, 4) is 34.7 Å². The van der Waals surface area contributed by atoms with Crippen LogP contribution in [-0.2, 0) is 76.6 Å². The Morgan fingerprint density at radius 2 is 1.13 bits per heavy atom. The number of amides is 1. The van der Waals surface area contributed by atoms with Crippen LogP contribution in [0.3, 0.4) is 0 Å². The minimum absolute atomic E-state index is 0. The zero-order valence-corrected chi connectivity index (χ0v) is 43.4. The van der Waals surface area contributed by atoms with Gasteiger partial charge >= 0.3 is 17.9 Å². The summed E-state index contributed by atoms with van der Waals surface area (Å²) in [5.74, 6) is -6.75. The van der Waals surface area contributed by atoms with Crippen LogP contribution in [0.25, 0.3) is 34.7 Å². The summed E-state index contributed by atoms with van der Waals surface area (Å²) in [6, 6.07) is 9.52. The minimum Gasteiger partial charge on any atom is -0.481 e. The van der Waals surface area contributed by atoms with Gasteiger partial charge in [0.25, 0.3) is 0 Å². The number of carbonyl (C=O) groups is 4. The fraction of sp³-hybridized carbons (Fsp3) is 0.458. The van der Waals surface area contributed by atoms with Gasteiger partial charge in [0.15, 0.2) is 23.3 Å². The number of pyridine rings is 2. The number of carbonyl (C=O) groups excluding carboxylic acids is 1. The molecule has 70 heavy (non-hydrogen) atoms. The fourth-order valence-electron chi connectivity index (χ4n) is 7.78. The second-order valence-corrected chi connectivity index (χ2v) is 16.6. The predicted octanol–water partition coefficient (Wildman–Crippen LogP) is 5.30. The molecule has 0 bridgehead atoms. The van der Waals surface area contributed by atoms with E-state index in [4.69, 9.17) is 9.47 Å². The number of imidazole rings is 4. The molecule has 0 radical (unpaired) electrons. The first kappa shape index (κ1) is 57.7. The van der Waals surface area contributed by atoms with Crippen molar-refractivity contribution < 1.29 is 63.8 Å². The molecule has 6 rings (SSSR count). The second-order valence-electron chi connectivity index (χ2n) is 16.6. The van der Waals surface area contributed by atoms with E-state index in [2.05, 4.69) is 40.5 Å². The van der Waals surface area contributed by atoms with Crippen LogP contribution in [0.2, 0.25) is 0 Å². The van der Waals surface area contributed by atoms with Gasteiger partial charge in [-0.2, -0.15) is 0 Å². The predicted molar refractivity (Wildman–Crippen MR) is 257 cm³/mol. The Morgan fingerprint density at radius 3 is 1.54 bits per heavy atom. The molecule has 6 aromatic rings. The van der Waals surface area contributed by atoms with Crippen molar-refractivity contribution in [2.45, 2.75) is 52.1 Å². The molecule has 0 spiro atoms. The smallest absolute Gasteiger partial charge is 0.310 e. The van der Waals surface area contributed by atoms with Crippen molar-refractivity contribution >= 4 is 29.5 Å². The van der Waals surface area contributed by atoms with Gasteiger partial charge in [-0.3, -0.25) is 29.1 Å². The van der Waals surface area contributed by atoms with E-state index in [0.717, 1.165) is 66.2 Å². The van der Waals surface area contributed by atoms with Gasteiger partial charge in [-0.05, 0) is 49.4 Å². The van der Waals surface area contributed by atoms with Crippen LogP contribution in [0.1, 0.15) is 46.0 Å². The summed E-state index contributed by atoms with van der Waals surface area (Å²) in [6.07, 6.45) is 19.9. The molecule has 0 saturated carbocycles. The number of hydrogen-bond donors (Lipinski definition) is 5. The molecular formula is C48H66N12O9Os. The number of anilines is 1. The molecule has 5 N–H and O–H groups in total. The van der Waals surface area contributed by atoms with E-state index in [1.807, 2.05) is 102 Å². The van der Waals surface area contributed by atoms with Crippen molar-refractivity contribution in [1.29, 1.82) is 0 Å². The van der Waals surface area contributed by atoms with Crippen LogP contribution in [0.4, 0.5) is 5.69 Å². The Morgan fingerprint density at radius 1 is 0.614 bits per heavy atom. The zero-order valence-electron chi connectivity index (χ0n) is 40.9. The maximum Gasteiger partial charge on any atom is 0.310 e. The average molecular weight is 1150 g/mol. The molecular weight excluding hydrogens is 1080 g/mol. The molecule has 0 aromatic carbocycles. The molecule has 6 atom stereocenters. The number of aromatic nitrogens is 10. The van der Waals surface area contributed by atoms with Gasteiger partial charge in [-0.1, -0.05) is 32.8 Å². The molecule has 21 nitrogen and oxygen atoms in total. The van der Waals surface area contributed by atoms with E-state index in [-0.39, 0.29) is 32.8 Å². The Bertz CT molecular complexity index is 2360. The number of ether oxygens (including phenoxy) is 2. The maximum absolute atomic E-state index is 13.3. The van der Waals surface area contributed by atoms with Crippen molar-refractivity contribution in [1.82, 2.24) is 53.5 Å². The summed E-state index contributed by atoms with van der Waals surface area (Å²) < 4.78 is 18.3. The van der Waals surface area contributed by atoms with Gasteiger partial charge in [-0.25, -0.2) is 19.9 Å². The molecule has 0 aliphatic carbocycles. The minimum atomic E-state index is -1.51. The summed E-state index contributed by atoms with van der Waals surface area (Å²) in [4.78, 5) is 74.8. The number of carboxylic acids is 3. The van der Waals surface area contributed by atoms with Gasteiger partial charge in [0.05, 0.1) is 41.2 Å². The number of hydrogen-bond acceptors (Lipinski definition) is 13. The van der Waals surface area contributed by atoms with E-state index in [0.29, 0.717) is 13.0 Å². The van der Waals surface area contributed by atoms with Crippen LogP contribution in [0.5, 0.6) is 0 Å². The quantitative estimate of drug-likeness (QED) is 0.0482. The molecule has 0 fully saturated rings. The van der Waals surface area contributed by atoms with E-state index < -0.39 is 59.5 Å². The Kier molecular flexibility index (Phi) is 24.2. The number of methoxy groups -OCH3 is 2. The summed E-state index contributed by atoms with van der Waals surface area (Å²) >= 11 is 0. The van der Waals surface area contributed by atoms with Crippen molar-refractivity contribution in [2.24, 2.45) is 57.8 Å². The van der Waals surface area contributed by atoms with Crippen molar-refractivity contribution in [3.63, 3.8) is 0 Å². The molecule has 0 aliphatic rings. The van der Waals surface area contributed by atoms with Crippen LogP contribution in [0, 0.1) is 29.6 Å². The molecule has 6 unspecified atom stereocenters. The third-order valence-electron chi connectivity index (χ3n) is 11.6. The average Bonchev–Trinajstić information content (AvgIpc) is 4.16. The Balaban J connectivity index is 0.000000412. The van der Waals surface area contributed by atoms with E-state index in [1.54, 1.807) is 44.1 Å². The third kappa shape index (κ3) is 16.8. The van der Waals surface area contributed by atoms with E-state index >= 15 is 0 Å². The topological polar surface area (TPSA) is 269 Å². The standard InChI is InChI=1S/C32H46N4O9.2C8H10N4.Os/c1-20(19-44-3)27(23(31(40)41)18-26(45-4)28(32(42)43)21(2)30(38)39)29(37)36-15-9-6-5-8-13-33-22-12-16-35-25(17-22)24-11-7-10-14-34-24;2*1-11-5-3-9-7(11)8-10-4-6-12(8)2;/h7,10-12,14,16-17,20-21,23,26-28H,5-6,8-9,13,15,18-19H2,1-4H3,(H,33,35)(H,36,37)(H,38,39)(H,40,41)(H,42,43);2*3-6H,1-2H3;. The third-order valence-corrected chi connectivity index (χ3v) is 11.6. The monoisotopic (exact) mass is 1150 g/mol. The number of nitrogens with one attached hydrogen (secondary N) is 2. The van der Waals surface area contributed by atoms with Crippen molar-refractivity contribution in [3.05, 3.63) is 92.3 Å². The van der Waals surface area contributed by atoms with Crippen LogP contribution >= 0.6 is 0 Å². The summed E-state index contributed by atoms with van der Waals surface area (Å²) in [5, 5.41) is 35.5. The Labute approximate surface area is 421 Å².